The lowest BCUT2D eigenvalue weighted by atomic mass is 10.1. The number of benzene rings is 1. The molecule has 0 amide bonds. The highest BCUT2D eigenvalue weighted by Gasteiger charge is 2.33. The van der Waals surface area contributed by atoms with E-state index in [2.05, 4.69) is 20.7 Å². The summed E-state index contributed by atoms with van der Waals surface area (Å²) < 4.78 is 40.3. The highest BCUT2D eigenvalue weighted by atomic mass is 79.9. The van der Waals surface area contributed by atoms with Crippen LogP contribution in [0.5, 0.6) is 5.75 Å². The van der Waals surface area contributed by atoms with Gasteiger partial charge in [-0.2, -0.15) is 0 Å². The van der Waals surface area contributed by atoms with Crippen molar-refractivity contribution in [2.24, 2.45) is 0 Å². The summed E-state index contributed by atoms with van der Waals surface area (Å²) in [6.07, 6.45) is -0.878. The van der Waals surface area contributed by atoms with E-state index in [9.17, 15) is 18.0 Å². The molecule has 1 aromatic carbocycles. The summed E-state index contributed by atoms with van der Waals surface area (Å²) in [6.45, 7) is 0. The van der Waals surface area contributed by atoms with Crippen molar-refractivity contribution in [1.82, 2.24) is 0 Å². The molecule has 0 spiro atoms. The minimum atomic E-state index is -4.93. The molecule has 0 saturated carbocycles. The molecular formula is C12H10BrF3O3. The van der Waals surface area contributed by atoms with E-state index in [1.165, 1.54) is 6.07 Å². The third-order valence-corrected chi connectivity index (χ3v) is 2.51. The lowest BCUT2D eigenvalue weighted by molar-refractivity contribution is -0.274. The number of halogens is 4. The minimum Gasteiger partial charge on any atom is -0.478 e. The van der Waals surface area contributed by atoms with Crippen molar-refractivity contribution in [3.8, 4) is 5.75 Å². The first kappa shape index (κ1) is 15.6. The van der Waals surface area contributed by atoms with Gasteiger partial charge in [0.15, 0.2) is 0 Å². The van der Waals surface area contributed by atoms with E-state index >= 15 is 0 Å². The number of carbonyl (C=O) groups is 1. The fourth-order valence-corrected chi connectivity index (χ4v) is 1.58. The standard InChI is InChI=1S/C12H10BrF3O3/c13-6-2-1-3-8-4-5-9(11(17)18)10(7-8)19-12(14,15)16/h1,3-5,7H,2,6H2,(H,17,18). The van der Waals surface area contributed by atoms with Crippen LogP contribution in [0.15, 0.2) is 24.3 Å². The normalized spacial score (nSPS) is 11.8. The van der Waals surface area contributed by atoms with Crippen LogP contribution in [0.2, 0.25) is 0 Å². The van der Waals surface area contributed by atoms with Gasteiger partial charge in [-0.15, -0.1) is 13.2 Å². The molecule has 0 aliphatic rings. The lowest BCUT2D eigenvalue weighted by Crippen LogP contribution is -2.19. The molecule has 0 aliphatic heterocycles. The second kappa shape index (κ2) is 6.60. The van der Waals surface area contributed by atoms with Crippen molar-refractivity contribution in [1.29, 1.82) is 0 Å². The summed E-state index contributed by atoms with van der Waals surface area (Å²) >= 11 is 3.21. The van der Waals surface area contributed by atoms with Gasteiger partial charge in [0.2, 0.25) is 0 Å². The van der Waals surface area contributed by atoms with Crippen molar-refractivity contribution in [3.05, 3.63) is 35.4 Å². The van der Waals surface area contributed by atoms with E-state index < -0.39 is 23.6 Å². The summed E-state index contributed by atoms with van der Waals surface area (Å²) in [5.74, 6) is -2.20. The number of aromatic carboxylic acids is 1. The van der Waals surface area contributed by atoms with Crippen LogP contribution in [0, 0.1) is 0 Å². The molecule has 1 rings (SSSR count). The zero-order chi connectivity index (χ0) is 14.5. The number of ether oxygens (including phenoxy) is 1. The summed E-state index contributed by atoms with van der Waals surface area (Å²) in [6, 6.07) is 3.54. The Kier molecular flexibility index (Phi) is 5.41. The van der Waals surface area contributed by atoms with Crippen LogP contribution in [0.4, 0.5) is 13.2 Å². The Morgan fingerprint density at radius 3 is 2.63 bits per heavy atom. The molecule has 104 valence electrons. The van der Waals surface area contributed by atoms with E-state index in [4.69, 9.17) is 5.11 Å². The summed E-state index contributed by atoms with van der Waals surface area (Å²) in [5.41, 5.74) is -0.0971. The van der Waals surface area contributed by atoms with Crippen LogP contribution in [0.25, 0.3) is 6.08 Å². The van der Waals surface area contributed by atoms with E-state index in [1.54, 1.807) is 12.2 Å². The van der Waals surface area contributed by atoms with Crippen molar-refractivity contribution < 1.29 is 27.8 Å². The maximum atomic E-state index is 12.2. The van der Waals surface area contributed by atoms with Gasteiger partial charge in [0, 0.05) is 5.33 Å². The first-order valence-electron chi connectivity index (χ1n) is 5.19. The van der Waals surface area contributed by atoms with E-state index in [1.807, 2.05) is 0 Å². The summed E-state index contributed by atoms with van der Waals surface area (Å²) in [4.78, 5) is 10.8. The average Bonchev–Trinajstić information content (AvgIpc) is 2.27. The highest BCUT2D eigenvalue weighted by molar-refractivity contribution is 9.09. The van der Waals surface area contributed by atoms with Crippen molar-refractivity contribution in [3.63, 3.8) is 0 Å². The molecule has 19 heavy (non-hydrogen) atoms. The molecule has 0 radical (unpaired) electrons. The molecule has 0 aromatic heterocycles. The summed E-state index contributed by atoms with van der Waals surface area (Å²) in [5, 5.41) is 9.52. The number of allylic oxidation sites excluding steroid dienone is 1. The van der Waals surface area contributed by atoms with Crippen molar-refractivity contribution >= 4 is 28.0 Å². The van der Waals surface area contributed by atoms with Crippen molar-refractivity contribution in [2.45, 2.75) is 12.8 Å². The quantitative estimate of drug-likeness (QED) is 0.823. The zero-order valence-corrected chi connectivity index (χ0v) is 11.2. The zero-order valence-electron chi connectivity index (χ0n) is 9.58. The number of carboxylic acids is 1. The Labute approximate surface area is 115 Å². The fourth-order valence-electron chi connectivity index (χ4n) is 1.31. The Morgan fingerprint density at radius 1 is 1.42 bits per heavy atom. The van der Waals surface area contributed by atoms with Gasteiger partial charge in [-0.25, -0.2) is 4.79 Å². The van der Waals surface area contributed by atoms with E-state index in [0.717, 1.165) is 17.5 Å². The molecule has 0 heterocycles. The molecular weight excluding hydrogens is 329 g/mol. The molecule has 0 fully saturated rings. The van der Waals surface area contributed by atoms with Gasteiger partial charge >= 0.3 is 12.3 Å². The van der Waals surface area contributed by atoms with Gasteiger partial charge in [-0.1, -0.05) is 34.1 Å². The topological polar surface area (TPSA) is 46.5 Å². The van der Waals surface area contributed by atoms with Crippen LogP contribution >= 0.6 is 15.9 Å². The number of hydrogen-bond acceptors (Lipinski definition) is 2. The highest BCUT2D eigenvalue weighted by Crippen LogP contribution is 2.28. The number of carboxylic acid groups (broad SMARTS) is 1. The number of rotatable bonds is 5. The third-order valence-electron chi connectivity index (χ3n) is 2.05. The van der Waals surface area contributed by atoms with Gasteiger partial charge in [0.05, 0.1) is 0 Å². The molecule has 7 heteroatoms. The van der Waals surface area contributed by atoms with Crippen LogP contribution < -0.4 is 4.74 Å². The van der Waals surface area contributed by atoms with Gasteiger partial charge in [-0.3, -0.25) is 0 Å². The molecule has 0 bridgehead atoms. The van der Waals surface area contributed by atoms with Gasteiger partial charge in [0.25, 0.3) is 0 Å². The second-order valence-corrected chi connectivity index (χ2v) is 4.28. The molecule has 1 aromatic rings. The van der Waals surface area contributed by atoms with E-state index in [0.29, 0.717) is 12.0 Å². The van der Waals surface area contributed by atoms with Crippen molar-refractivity contribution in [2.75, 3.05) is 5.33 Å². The maximum Gasteiger partial charge on any atom is 0.573 e. The predicted octanol–water partition coefficient (Wildman–Crippen LogP) is 4.08. The first-order valence-corrected chi connectivity index (χ1v) is 6.31. The number of alkyl halides is 4. The molecule has 0 unspecified atom stereocenters. The Balaban J connectivity index is 3.07. The van der Waals surface area contributed by atoms with Crippen LogP contribution in [0.3, 0.4) is 0 Å². The first-order chi connectivity index (χ1) is 8.83. The summed E-state index contributed by atoms with van der Waals surface area (Å²) in [7, 11) is 0. The van der Waals surface area contributed by atoms with Gasteiger partial charge in [-0.05, 0) is 24.1 Å². The smallest absolute Gasteiger partial charge is 0.478 e. The Morgan fingerprint density at radius 2 is 2.11 bits per heavy atom. The fraction of sp³-hybridized carbons (Fsp3) is 0.250. The molecule has 3 nitrogen and oxygen atoms in total. The number of hydrogen-bond donors (Lipinski definition) is 1. The molecule has 0 atom stereocenters. The SMILES string of the molecule is O=C(O)c1ccc(C=CCCBr)cc1OC(F)(F)F. The Bertz CT molecular complexity index is 484. The Hall–Kier alpha value is -1.50. The van der Waals surface area contributed by atoms with Crippen LogP contribution in [-0.4, -0.2) is 22.8 Å². The molecule has 0 saturated heterocycles. The predicted molar refractivity (Wildman–Crippen MR) is 67.5 cm³/mol. The van der Waals surface area contributed by atoms with Gasteiger partial charge in [0.1, 0.15) is 11.3 Å². The van der Waals surface area contributed by atoms with Crippen LogP contribution in [-0.2, 0) is 0 Å². The maximum absolute atomic E-state index is 12.2. The lowest BCUT2D eigenvalue weighted by Gasteiger charge is -2.11. The van der Waals surface area contributed by atoms with Gasteiger partial charge < -0.3 is 9.84 Å². The van der Waals surface area contributed by atoms with E-state index in [-0.39, 0.29) is 0 Å². The molecule has 1 N–H and O–H groups in total. The van der Waals surface area contributed by atoms with Crippen LogP contribution in [0.1, 0.15) is 22.3 Å². The third kappa shape index (κ3) is 5.34. The minimum absolute atomic E-state index is 0.435. The average molecular weight is 339 g/mol. The molecule has 0 aliphatic carbocycles. The largest absolute Gasteiger partial charge is 0.573 e. The second-order valence-electron chi connectivity index (χ2n) is 3.49. The monoisotopic (exact) mass is 338 g/mol.